The van der Waals surface area contributed by atoms with Gasteiger partial charge in [0, 0.05) is 11.9 Å². The van der Waals surface area contributed by atoms with Gasteiger partial charge in [-0.2, -0.15) is 0 Å². The van der Waals surface area contributed by atoms with Crippen molar-refractivity contribution in [2.24, 2.45) is 0 Å². The molecule has 0 saturated carbocycles. The molecule has 1 rings (SSSR count). The van der Waals surface area contributed by atoms with Gasteiger partial charge in [0.2, 0.25) is 0 Å². The quantitative estimate of drug-likeness (QED) is 0.519. The number of aliphatic hydroxyl groups is 2. The molecule has 3 nitrogen and oxygen atoms in total. The van der Waals surface area contributed by atoms with Gasteiger partial charge in [0.1, 0.15) is 0 Å². The Morgan fingerprint density at radius 3 is 2.73 bits per heavy atom. The van der Waals surface area contributed by atoms with Crippen LogP contribution in [0.4, 0.5) is 0 Å². The first-order valence-corrected chi connectivity index (χ1v) is 3.41. The van der Waals surface area contributed by atoms with Crippen molar-refractivity contribution in [1.29, 1.82) is 0 Å². The van der Waals surface area contributed by atoms with Crippen molar-refractivity contribution in [2.75, 3.05) is 13.2 Å². The van der Waals surface area contributed by atoms with Crippen molar-refractivity contribution < 1.29 is 10.2 Å². The predicted molar refractivity (Wildman–Crippen MR) is 42.6 cm³/mol. The Labute approximate surface area is 65.4 Å². The van der Waals surface area contributed by atoms with Crippen molar-refractivity contribution in [3.8, 4) is 0 Å². The first-order valence-electron chi connectivity index (χ1n) is 3.41. The van der Waals surface area contributed by atoms with E-state index in [1.165, 1.54) is 0 Å². The summed E-state index contributed by atoms with van der Waals surface area (Å²) in [6.07, 6.45) is 7.01. The zero-order valence-corrected chi connectivity index (χ0v) is 6.12. The molecule has 1 heterocycles. The molecule has 0 aromatic heterocycles. The summed E-state index contributed by atoms with van der Waals surface area (Å²) >= 11 is 0. The third-order valence-corrected chi connectivity index (χ3v) is 1.40. The van der Waals surface area contributed by atoms with E-state index in [0.29, 0.717) is 0 Å². The van der Waals surface area contributed by atoms with Gasteiger partial charge in [0.15, 0.2) is 0 Å². The molecule has 0 radical (unpaired) electrons. The van der Waals surface area contributed by atoms with Gasteiger partial charge in [-0.05, 0) is 11.6 Å². The Kier molecular flexibility index (Phi) is 2.89. The molecule has 1 aliphatic heterocycles. The highest BCUT2D eigenvalue weighted by molar-refractivity contribution is 5.28. The Hall–Kier alpha value is -1.06. The zero-order valence-electron chi connectivity index (χ0n) is 6.12. The fourth-order valence-electron chi connectivity index (χ4n) is 0.766. The van der Waals surface area contributed by atoms with E-state index in [2.05, 4.69) is 5.32 Å². The smallest absolute Gasteiger partial charge is 0.0830 e. The van der Waals surface area contributed by atoms with Crippen molar-refractivity contribution in [2.45, 2.75) is 0 Å². The Balaban J connectivity index is 2.66. The van der Waals surface area contributed by atoms with Gasteiger partial charge in [0.25, 0.3) is 0 Å². The van der Waals surface area contributed by atoms with E-state index in [0.717, 1.165) is 11.3 Å². The molecule has 3 N–H and O–H groups in total. The summed E-state index contributed by atoms with van der Waals surface area (Å²) in [4.78, 5) is 0. The largest absolute Gasteiger partial charge is 0.392 e. The Bertz CT molecular complexity index is 216. The van der Waals surface area contributed by atoms with Gasteiger partial charge in [-0.3, -0.25) is 0 Å². The standard InChI is InChI=1S/C8H11NO2/c10-5-7-2-1-3-8(6-11)9-4-7/h1-4,9-11H,5-6H2. The van der Waals surface area contributed by atoms with Gasteiger partial charge in [0.05, 0.1) is 13.2 Å². The van der Waals surface area contributed by atoms with Gasteiger partial charge >= 0.3 is 0 Å². The van der Waals surface area contributed by atoms with Crippen LogP contribution in [0, 0.1) is 0 Å². The van der Waals surface area contributed by atoms with E-state index in [1.54, 1.807) is 24.4 Å². The summed E-state index contributed by atoms with van der Waals surface area (Å²) in [7, 11) is 0. The highest BCUT2D eigenvalue weighted by Gasteiger charge is 1.95. The number of aliphatic hydroxyl groups excluding tert-OH is 2. The Morgan fingerprint density at radius 2 is 2.09 bits per heavy atom. The molecule has 60 valence electrons. The molecule has 1 aliphatic rings. The van der Waals surface area contributed by atoms with E-state index in [-0.39, 0.29) is 13.2 Å². The van der Waals surface area contributed by atoms with Crippen LogP contribution in [0.5, 0.6) is 0 Å². The molecule has 0 spiro atoms. The van der Waals surface area contributed by atoms with E-state index in [4.69, 9.17) is 10.2 Å². The average molecular weight is 153 g/mol. The van der Waals surface area contributed by atoms with Crippen molar-refractivity contribution in [3.05, 3.63) is 35.7 Å². The van der Waals surface area contributed by atoms with Crippen LogP contribution in [-0.2, 0) is 0 Å². The minimum absolute atomic E-state index is 0.00997. The molecule has 0 unspecified atom stereocenters. The van der Waals surface area contributed by atoms with Crippen LogP contribution in [0.1, 0.15) is 0 Å². The van der Waals surface area contributed by atoms with Crippen LogP contribution in [0.2, 0.25) is 0 Å². The fourth-order valence-corrected chi connectivity index (χ4v) is 0.766. The fraction of sp³-hybridized carbons (Fsp3) is 0.250. The second-order valence-electron chi connectivity index (χ2n) is 2.23. The maximum absolute atomic E-state index is 8.73. The van der Waals surface area contributed by atoms with Gasteiger partial charge < -0.3 is 15.5 Å². The second kappa shape index (κ2) is 3.95. The second-order valence-corrected chi connectivity index (χ2v) is 2.23. The van der Waals surface area contributed by atoms with E-state index >= 15 is 0 Å². The minimum atomic E-state index is -0.0143. The van der Waals surface area contributed by atoms with Crippen molar-refractivity contribution in [3.63, 3.8) is 0 Å². The average Bonchev–Trinajstić information content (AvgIpc) is 2.28. The molecular formula is C8H11NO2. The summed E-state index contributed by atoms with van der Waals surface area (Å²) in [5.41, 5.74) is 1.52. The number of rotatable bonds is 2. The maximum atomic E-state index is 8.73. The van der Waals surface area contributed by atoms with Gasteiger partial charge in [-0.25, -0.2) is 0 Å². The lowest BCUT2D eigenvalue weighted by Gasteiger charge is -2.00. The Morgan fingerprint density at radius 1 is 1.27 bits per heavy atom. The lowest BCUT2D eigenvalue weighted by molar-refractivity contribution is 0.323. The molecule has 0 saturated heterocycles. The molecule has 0 aromatic carbocycles. The maximum Gasteiger partial charge on any atom is 0.0830 e. The number of hydrogen-bond donors (Lipinski definition) is 3. The predicted octanol–water partition coefficient (Wildman–Crippen LogP) is -0.102. The SMILES string of the molecule is OCC1=CNC(CO)=CC=C1. The van der Waals surface area contributed by atoms with Crippen LogP contribution in [0.15, 0.2) is 35.7 Å². The summed E-state index contributed by atoms with van der Waals surface area (Å²) < 4.78 is 0. The van der Waals surface area contributed by atoms with Crippen LogP contribution in [0.25, 0.3) is 0 Å². The normalized spacial score (nSPS) is 16.5. The summed E-state index contributed by atoms with van der Waals surface area (Å²) in [5.74, 6) is 0. The number of hydrogen-bond acceptors (Lipinski definition) is 3. The molecule has 0 atom stereocenters. The highest BCUT2D eigenvalue weighted by Crippen LogP contribution is 2.01. The van der Waals surface area contributed by atoms with Crippen molar-refractivity contribution in [1.82, 2.24) is 5.32 Å². The summed E-state index contributed by atoms with van der Waals surface area (Å²) in [6.45, 7) is -0.00437. The molecule has 0 bridgehead atoms. The summed E-state index contributed by atoms with van der Waals surface area (Å²) in [6, 6.07) is 0. The van der Waals surface area contributed by atoms with Crippen LogP contribution < -0.4 is 5.32 Å². The topological polar surface area (TPSA) is 52.5 Å². The van der Waals surface area contributed by atoms with E-state index < -0.39 is 0 Å². The number of nitrogens with one attached hydrogen (secondary N) is 1. The third-order valence-electron chi connectivity index (χ3n) is 1.40. The number of allylic oxidation sites excluding steroid dienone is 2. The summed E-state index contributed by atoms with van der Waals surface area (Å²) in [5, 5.41) is 20.3. The molecule has 0 aromatic rings. The molecule has 0 fully saturated rings. The molecular weight excluding hydrogens is 142 g/mol. The monoisotopic (exact) mass is 153 g/mol. The third kappa shape index (κ3) is 2.22. The van der Waals surface area contributed by atoms with Crippen molar-refractivity contribution >= 4 is 0 Å². The van der Waals surface area contributed by atoms with Crippen LogP contribution in [-0.4, -0.2) is 23.4 Å². The lowest BCUT2D eigenvalue weighted by Crippen LogP contribution is -2.08. The minimum Gasteiger partial charge on any atom is -0.392 e. The molecule has 3 heteroatoms. The molecule has 0 amide bonds. The lowest BCUT2D eigenvalue weighted by atomic mass is 10.3. The molecule has 0 aliphatic carbocycles. The zero-order chi connectivity index (χ0) is 8.10. The first kappa shape index (κ1) is 8.04. The highest BCUT2D eigenvalue weighted by atomic mass is 16.3. The van der Waals surface area contributed by atoms with Crippen LogP contribution >= 0.6 is 0 Å². The van der Waals surface area contributed by atoms with Gasteiger partial charge in [-0.15, -0.1) is 0 Å². The van der Waals surface area contributed by atoms with E-state index in [1.807, 2.05) is 0 Å². The van der Waals surface area contributed by atoms with E-state index in [9.17, 15) is 0 Å². The molecule has 11 heavy (non-hydrogen) atoms. The van der Waals surface area contributed by atoms with Gasteiger partial charge in [-0.1, -0.05) is 12.2 Å². The van der Waals surface area contributed by atoms with Crippen LogP contribution in [0.3, 0.4) is 0 Å². The first-order chi connectivity index (χ1) is 5.36.